The highest BCUT2D eigenvalue weighted by atomic mass is 16.5. The molecule has 0 saturated carbocycles. The predicted octanol–water partition coefficient (Wildman–Crippen LogP) is 7.95. The molecule has 0 atom stereocenters. The Bertz CT molecular complexity index is 1530. The van der Waals surface area contributed by atoms with Crippen LogP contribution in [0.5, 0.6) is 11.5 Å². The van der Waals surface area contributed by atoms with Crippen LogP contribution in [0.1, 0.15) is 22.3 Å². The maximum atomic E-state index is 6.83. The third kappa shape index (κ3) is 3.95. The molecule has 0 amide bonds. The van der Waals surface area contributed by atoms with Crippen LogP contribution in [0.25, 0.3) is 16.8 Å². The Morgan fingerprint density at radius 2 is 1.44 bits per heavy atom. The van der Waals surface area contributed by atoms with Crippen molar-refractivity contribution in [3.05, 3.63) is 144 Å². The lowest BCUT2D eigenvalue weighted by atomic mass is 9.83. The van der Waals surface area contributed by atoms with E-state index < -0.39 is 5.60 Å². The maximum Gasteiger partial charge on any atom is 0.178 e. The van der Waals surface area contributed by atoms with Crippen LogP contribution in [0.3, 0.4) is 0 Å². The van der Waals surface area contributed by atoms with Gasteiger partial charge in [-0.3, -0.25) is 4.99 Å². The van der Waals surface area contributed by atoms with Crippen LogP contribution in [0, 0.1) is 0 Å². The van der Waals surface area contributed by atoms with E-state index in [1.54, 1.807) is 7.11 Å². The summed E-state index contributed by atoms with van der Waals surface area (Å²) in [5, 5.41) is 2.30. The Balaban J connectivity index is 1.37. The fourth-order valence-corrected chi connectivity index (χ4v) is 4.77. The molecule has 0 aliphatic carbocycles. The molecule has 0 radical (unpaired) electrons. The number of fused-ring (bicyclic) bond motifs is 3. The van der Waals surface area contributed by atoms with E-state index in [0.29, 0.717) is 0 Å². The van der Waals surface area contributed by atoms with E-state index in [-0.39, 0.29) is 0 Å². The second-order valence-corrected chi connectivity index (χ2v) is 8.82. The average molecular weight is 468 g/mol. The summed E-state index contributed by atoms with van der Waals surface area (Å²) in [6, 6.07) is 39.1. The first-order valence-corrected chi connectivity index (χ1v) is 12.0. The van der Waals surface area contributed by atoms with Gasteiger partial charge in [0.05, 0.1) is 12.8 Å². The van der Waals surface area contributed by atoms with Crippen molar-refractivity contribution in [2.45, 2.75) is 5.60 Å². The van der Waals surface area contributed by atoms with Crippen molar-refractivity contribution in [1.29, 1.82) is 0 Å². The number of nitrogens with zero attached hydrogens (tertiary/aromatic N) is 1. The normalized spacial score (nSPS) is 13.9. The summed E-state index contributed by atoms with van der Waals surface area (Å²) in [6.45, 7) is 0. The van der Waals surface area contributed by atoms with Crippen molar-refractivity contribution in [3.8, 4) is 11.5 Å². The highest BCUT2D eigenvalue weighted by molar-refractivity contribution is 5.97. The van der Waals surface area contributed by atoms with Gasteiger partial charge in [0.25, 0.3) is 0 Å². The average Bonchev–Trinajstić information content (AvgIpc) is 2.96. The summed E-state index contributed by atoms with van der Waals surface area (Å²) < 4.78 is 12.1. The van der Waals surface area contributed by atoms with Crippen molar-refractivity contribution >= 4 is 28.8 Å². The fraction of sp³-hybridized carbons (Fsp3) is 0.0606. The van der Waals surface area contributed by atoms with Crippen molar-refractivity contribution < 1.29 is 9.47 Å². The Hall–Kier alpha value is -4.63. The fourth-order valence-electron chi connectivity index (χ4n) is 4.77. The quantitative estimate of drug-likeness (QED) is 0.246. The molecule has 36 heavy (non-hydrogen) atoms. The van der Waals surface area contributed by atoms with Gasteiger partial charge >= 0.3 is 0 Å². The molecular weight excluding hydrogens is 442 g/mol. The smallest absolute Gasteiger partial charge is 0.178 e. The number of ether oxygens (including phenoxy) is 2. The minimum atomic E-state index is -0.672. The highest BCUT2D eigenvalue weighted by Crippen LogP contribution is 2.44. The summed E-state index contributed by atoms with van der Waals surface area (Å²) >= 11 is 0. The first-order valence-electron chi connectivity index (χ1n) is 12.0. The Morgan fingerprint density at radius 1 is 0.750 bits per heavy atom. The standard InChI is InChI=1S/C33H25NO2/c1-35-29-16-14-28(15-17-29)34-23-24-12-18-30-25(22-24)13-19-32-31(30)20-21-33(36-32,26-8-4-2-5-9-26)27-10-6-3-7-11-27/h2-23H,1H3. The largest absolute Gasteiger partial charge is 0.497 e. The van der Waals surface area contributed by atoms with Gasteiger partial charge in [0.15, 0.2) is 5.60 Å². The number of methoxy groups -OCH3 is 1. The molecule has 5 aromatic rings. The van der Waals surface area contributed by atoms with Crippen LogP contribution in [0.2, 0.25) is 0 Å². The molecule has 0 aromatic heterocycles. The lowest BCUT2D eigenvalue weighted by Crippen LogP contribution is -2.34. The van der Waals surface area contributed by atoms with Gasteiger partial charge in [-0.1, -0.05) is 78.9 Å². The molecular formula is C33H25NO2. The molecule has 5 aromatic carbocycles. The zero-order valence-corrected chi connectivity index (χ0v) is 20.0. The van der Waals surface area contributed by atoms with Gasteiger partial charge in [-0.05, 0) is 64.9 Å². The van der Waals surface area contributed by atoms with Gasteiger partial charge in [0, 0.05) is 22.9 Å². The van der Waals surface area contributed by atoms with E-state index in [4.69, 9.17) is 9.47 Å². The molecule has 1 aliphatic heterocycles. The monoisotopic (exact) mass is 467 g/mol. The topological polar surface area (TPSA) is 30.8 Å². The Morgan fingerprint density at radius 3 is 2.11 bits per heavy atom. The van der Waals surface area contributed by atoms with Crippen LogP contribution in [0.15, 0.2) is 126 Å². The molecule has 0 N–H and O–H groups in total. The molecule has 1 heterocycles. The van der Waals surface area contributed by atoms with Crippen LogP contribution < -0.4 is 9.47 Å². The molecule has 0 spiro atoms. The Labute approximate surface area is 211 Å². The lowest BCUT2D eigenvalue weighted by Gasteiger charge is -2.36. The number of benzene rings is 5. The molecule has 174 valence electrons. The first kappa shape index (κ1) is 21.9. The van der Waals surface area contributed by atoms with Crippen LogP contribution in [0.4, 0.5) is 5.69 Å². The molecule has 0 saturated heterocycles. The molecule has 0 bridgehead atoms. The summed E-state index contributed by atoms with van der Waals surface area (Å²) in [6.07, 6.45) is 6.27. The summed E-state index contributed by atoms with van der Waals surface area (Å²) in [4.78, 5) is 4.61. The van der Waals surface area contributed by atoms with E-state index >= 15 is 0 Å². The minimum Gasteiger partial charge on any atom is -0.497 e. The van der Waals surface area contributed by atoms with Crippen LogP contribution >= 0.6 is 0 Å². The molecule has 1 aliphatic rings. The van der Waals surface area contributed by atoms with E-state index in [1.807, 2.05) is 42.6 Å². The zero-order chi connectivity index (χ0) is 24.4. The van der Waals surface area contributed by atoms with E-state index in [1.165, 1.54) is 0 Å². The molecule has 6 rings (SSSR count). The number of rotatable bonds is 5. The second-order valence-electron chi connectivity index (χ2n) is 8.82. The third-order valence-electron chi connectivity index (χ3n) is 6.64. The predicted molar refractivity (Wildman–Crippen MR) is 148 cm³/mol. The van der Waals surface area contributed by atoms with Crippen molar-refractivity contribution in [3.63, 3.8) is 0 Å². The SMILES string of the molecule is COc1ccc(N=Cc2ccc3c4c(ccc3c2)OC(c2ccccc2)(c2ccccc2)C=C4)cc1. The number of aliphatic imine (C=N–C) groups is 1. The van der Waals surface area contributed by atoms with Crippen molar-refractivity contribution in [2.75, 3.05) is 7.11 Å². The molecule has 3 nitrogen and oxygen atoms in total. The molecule has 3 heteroatoms. The van der Waals surface area contributed by atoms with Crippen LogP contribution in [-0.4, -0.2) is 13.3 Å². The van der Waals surface area contributed by atoms with Crippen LogP contribution in [-0.2, 0) is 5.60 Å². The van der Waals surface area contributed by atoms with Gasteiger partial charge in [0.2, 0.25) is 0 Å². The van der Waals surface area contributed by atoms with E-state index in [9.17, 15) is 0 Å². The minimum absolute atomic E-state index is 0.672. The van der Waals surface area contributed by atoms with Crippen molar-refractivity contribution in [1.82, 2.24) is 0 Å². The third-order valence-corrected chi connectivity index (χ3v) is 6.64. The summed E-state index contributed by atoms with van der Waals surface area (Å²) in [5.41, 5.74) is 4.55. The van der Waals surface area contributed by atoms with Gasteiger partial charge in [-0.15, -0.1) is 0 Å². The number of hydrogen-bond donors (Lipinski definition) is 0. The summed E-state index contributed by atoms with van der Waals surface area (Å²) in [7, 11) is 1.66. The lowest BCUT2D eigenvalue weighted by molar-refractivity contribution is 0.161. The van der Waals surface area contributed by atoms with Gasteiger partial charge in [-0.2, -0.15) is 0 Å². The second kappa shape index (κ2) is 9.20. The summed E-state index contributed by atoms with van der Waals surface area (Å²) in [5.74, 6) is 1.70. The van der Waals surface area contributed by atoms with Gasteiger partial charge in [-0.25, -0.2) is 0 Å². The highest BCUT2D eigenvalue weighted by Gasteiger charge is 2.37. The van der Waals surface area contributed by atoms with Crippen molar-refractivity contribution in [2.24, 2.45) is 4.99 Å². The first-order chi connectivity index (χ1) is 17.7. The number of hydrogen-bond acceptors (Lipinski definition) is 3. The molecule has 0 fully saturated rings. The van der Waals surface area contributed by atoms with E-state index in [2.05, 4.69) is 96.0 Å². The Kier molecular flexibility index (Phi) is 5.59. The maximum absolute atomic E-state index is 6.83. The van der Waals surface area contributed by atoms with Gasteiger partial charge < -0.3 is 9.47 Å². The molecule has 0 unspecified atom stereocenters. The van der Waals surface area contributed by atoms with E-state index in [0.717, 1.165) is 50.2 Å². The van der Waals surface area contributed by atoms with Gasteiger partial charge in [0.1, 0.15) is 11.5 Å². The zero-order valence-electron chi connectivity index (χ0n) is 20.0.